The standard InChI is InChI=1S/C11H17F3N4OS/c1-15-10(16-4-3-5-19-2)17-6-9-18-8(7-20-9)11(12,13)14/h7H,3-6H2,1-2H3,(H2,15,16,17). The SMILES string of the molecule is CN=C(NCCCOC)NCc1nc(C(F)(F)F)cs1. The average molecular weight is 310 g/mol. The Balaban J connectivity index is 2.39. The Labute approximate surface area is 119 Å². The molecular weight excluding hydrogens is 293 g/mol. The van der Waals surface area contributed by atoms with E-state index >= 15 is 0 Å². The van der Waals surface area contributed by atoms with Gasteiger partial charge in [0, 0.05) is 32.7 Å². The Kier molecular flexibility index (Phi) is 6.73. The third kappa shape index (κ3) is 5.74. The maximum atomic E-state index is 12.4. The number of ether oxygens (including phenoxy) is 1. The molecule has 9 heteroatoms. The second kappa shape index (κ2) is 8.05. The van der Waals surface area contributed by atoms with E-state index in [1.165, 1.54) is 0 Å². The molecule has 0 aliphatic rings. The van der Waals surface area contributed by atoms with E-state index in [-0.39, 0.29) is 6.54 Å². The molecule has 20 heavy (non-hydrogen) atoms. The lowest BCUT2D eigenvalue weighted by Crippen LogP contribution is -2.37. The van der Waals surface area contributed by atoms with E-state index in [4.69, 9.17) is 4.74 Å². The van der Waals surface area contributed by atoms with Gasteiger partial charge in [0.1, 0.15) is 5.01 Å². The number of methoxy groups -OCH3 is 1. The van der Waals surface area contributed by atoms with Crippen LogP contribution in [0.1, 0.15) is 17.1 Å². The van der Waals surface area contributed by atoms with E-state index in [9.17, 15) is 13.2 Å². The lowest BCUT2D eigenvalue weighted by molar-refractivity contribution is -0.140. The van der Waals surface area contributed by atoms with Crippen molar-refractivity contribution in [1.82, 2.24) is 15.6 Å². The molecule has 5 nitrogen and oxygen atoms in total. The normalized spacial score (nSPS) is 12.6. The second-order valence-electron chi connectivity index (χ2n) is 3.82. The maximum absolute atomic E-state index is 12.4. The van der Waals surface area contributed by atoms with Gasteiger partial charge in [-0.1, -0.05) is 0 Å². The number of hydrogen-bond donors (Lipinski definition) is 2. The minimum absolute atomic E-state index is 0.199. The molecule has 0 atom stereocenters. The monoisotopic (exact) mass is 310 g/mol. The number of hydrogen-bond acceptors (Lipinski definition) is 4. The molecule has 2 N–H and O–H groups in total. The van der Waals surface area contributed by atoms with E-state index in [2.05, 4.69) is 20.6 Å². The van der Waals surface area contributed by atoms with Crippen LogP contribution in [0, 0.1) is 0 Å². The molecule has 0 bridgehead atoms. The molecule has 0 fully saturated rings. The minimum atomic E-state index is -4.39. The first-order valence-corrected chi connectivity index (χ1v) is 6.80. The average Bonchev–Trinajstić information content (AvgIpc) is 2.87. The first-order chi connectivity index (χ1) is 9.47. The van der Waals surface area contributed by atoms with Crippen LogP contribution in [0.3, 0.4) is 0 Å². The number of guanidine groups is 1. The highest BCUT2D eigenvalue weighted by atomic mass is 32.1. The summed E-state index contributed by atoms with van der Waals surface area (Å²) in [6.07, 6.45) is -3.58. The summed E-state index contributed by atoms with van der Waals surface area (Å²) in [6.45, 7) is 1.50. The molecule has 0 saturated heterocycles. The van der Waals surface area contributed by atoms with Gasteiger partial charge in [0.15, 0.2) is 11.7 Å². The number of alkyl halides is 3. The summed E-state index contributed by atoms with van der Waals surface area (Å²) in [6, 6.07) is 0. The van der Waals surface area contributed by atoms with Gasteiger partial charge in [-0.15, -0.1) is 11.3 Å². The van der Waals surface area contributed by atoms with Crippen molar-refractivity contribution in [3.63, 3.8) is 0 Å². The van der Waals surface area contributed by atoms with Crippen molar-refractivity contribution < 1.29 is 17.9 Å². The maximum Gasteiger partial charge on any atom is 0.434 e. The van der Waals surface area contributed by atoms with E-state index in [1.807, 2.05) is 0 Å². The number of aliphatic imine (C=N–C) groups is 1. The third-order valence-electron chi connectivity index (χ3n) is 2.29. The topological polar surface area (TPSA) is 58.5 Å². The van der Waals surface area contributed by atoms with E-state index in [1.54, 1.807) is 14.2 Å². The predicted molar refractivity (Wildman–Crippen MR) is 71.8 cm³/mol. The molecule has 1 rings (SSSR count). The fraction of sp³-hybridized carbons (Fsp3) is 0.636. The van der Waals surface area contributed by atoms with Crippen molar-refractivity contribution in [2.75, 3.05) is 27.3 Å². The number of nitrogens with one attached hydrogen (secondary N) is 2. The quantitative estimate of drug-likeness (QED) is 0.478. The van der Waals surface area contributed by atoms with Crippen molar-refractivity contribution in [3.8, 4) is 0 Å². The van der Waals surface area contributed by atoms with Crippen LogP contribution in [0.25, 0.3) is 0 Å². The molecule has 1 heterocycles. The Bertz CT molecular complexity index is 434. The van der Waals surface area contributed by atoms with Gasteiger partial charge >= 0.3 is 6.18 Å². The Morgan fingerprint density at radius 1 is 1.45 bits per heavy atom. The Morgan fingerprint density at radius 3 is 2.75 bits per heavy atom. The molecule has 1 aromatic rings. The smallest absolute Gasteiger partial charge is 0.385 e. The minimum Gasteiger partial charge on any atom is -0.385 e. The van der Waals surface area contributed by atoms with Crippen LogP contribution >= 0.6 is 11.3 Å². The first kappa shape index (κ1) is 16.7. The van der Waals surface area contributed by atoms with Crippen LogP contribution in [-0.4, -0.2) is 38.3 Å². The number of halogens is 3. The number of thiazole rings is 1. The van der Waals surface area contributed by atoms with Crippen LogP contribution in [0.5, 0.6) is 0 Å². The second-order valence-corrected chi connectivity index (χ2v) is 4.77. The summed E-state index contributed by atoms with van der Waals surface area (Å²) in [7, 11) is 3.21. The zero-order valence-electron chi connectivity index (χ0n) is 11.3. The van der Waals surface area contributed by atoms with Crippen molar-refractivity contribution >= 4 is 17.3 Å². The van der Waals surface area contributed by atoms with Crippen LogP contribution in [0.2, 0.25) is 0 Å². The van der Waals surface area contributed by atoms with Gasteiger partial charge in [-0.05, 0) is 6.42 Å². The fourth-order valence-corrected chi connectivity index (χ4v) is 2.07. The van der Waals surface area contributed by atoms with Gasteiger partial charge in [-0.25, -0.2) is 4.98 Å². The molecule has 0 saturated carbocycles. The molecule has 0 aliphatic heterocycles. The number of rotatable bonds is 6. The molecule has 1 aromatic heterocycles. The van der Waals surface area contributed by atoms with Crippen molar-refractivity contribution in [2.45, 2.75) is 19.1 Å². The zero-order chi connectivity index (χ0) is 15.0. The van der Waals surface area contributed by atoms with Gasteiger partial charge in [0.2, 0.25) is 0 Å². The summed E-state index contributed by atoms with van der Waals surface area (Å²) in [5.74, 6) is 0.518. The molecular formula is C11H17F3N4OS. The lowest BCUT2D eigenvalue weighted by atomic mass is 10.4. The van der Waals surface area contributed by atoms with Crippen molar-refractivity contribution in [2.24, 2.45) is 4.99 Å². The lowest BCUT2D eigenvalue weighted by Gasteiger charge is -2.10. The van der Waals surface area contributed by atoms with E-state index in [0.29, 0.717) is 24.1 Å². The molecule has 114 valence electrons. The van der Waals surface area contributed by atoms with Gasteiger partial charge in [0.25, 0.3) is 0 Å². The van der Waals surface area contributed by atoms with E-state index in [0.717, 1.165) is 23.1 Å². The van der Waals surface area contributed by atoms with Crippen LogP contribution in [0.15, 0.2) is 10.4 Å². The van der Waals surface area contributed by atoms with Crippen LogP contribution in [-0.2, 0) is 17.5 Å². The van der Waals surface area contributed by atoms with Crippen LogP contribution < -0.4 is 10.6 Å². The predicted octanol–water partition coefficient (Wildman–Crippen LogP) is 1.86. The fourth-order valence-electron chi connectivity index (χ4n) is 1.33. The summed E-state index contributed by atoms with van der Waals surface area (Å²) >= 11 is 0.964. The summed E-state index contributed by atoms with van der Waals surface area (Å²) in [5.41, 5.74) is -0.859. The Morgan fingerprint density at radius 2 is 2.20 bits per heavy atom. The molecule has 0 aliphatic carbocycles. The third-order valence-corrected chi connectivity index (χ3v) is 3.14. The highest BCUT2D eigenvalue weighted by Crippen LogP contribution is 2.29. The largest absolute Gasteiger partial charge is 0.434 e. The Hall–Kier alpha value is -1.35. The van der Waals surface area contributed by atoms with Gasteiger partial charge in [0.05, 0.1) is 6.54 Å². The molecule has 0 radical (unpaired) electrons. The van der Waals surface area contributed by atoms with Gasteiger partial charge in [-0.2, -0.15) is 13.2 Å². The molecule has 0 aromatic carbocycles. The van der Waals surface area contributed by atoms with Crippen molar-refractivity contribution in [1.29, 1.82) is 0 Å². The highest BCUT2D eigenvalue weighted by Gasteiger charge is 2.33. The molecule has 0 unspecified atom stereocenters. The van der Waals surface area contributed by atoms with Gasteiger partial charge in [-0.3, -0.25) is 4.99 Å². The number of nitrogens with zero attached hydrogens (tertiary/aromatic N) is 2. The van der Waals surface area contributed by atoms with Crippen LogP contribution in [0.4, 0.5) is 13.2 Å². The first-order valence-electron chi connectivity index (χ1n) is 5.92. The summed E-state index contributed by atoms with van der Waals surface area (Å²) < 4.78 is 42.0. The van der Waals surface area contributed by atoms with Crippen molar-refractivity contribution in [3.05, 3.63) is 16.1 Å². The molecule has 0 amide bonds. The zero-order valence-corrected chi connectivity index (χ0v) is 12.1. The van der Waals surface area contributed by atoms with E-state index < -0.39 is 11.9 Å². The number of aromatic nitrogens is 1. The molecule has 0 spiro atoms. The summed E-state index contributed by atoms with van der Waals surface area (Å²) in [4.78, 5) is 7.49. The highest BCUT2D eigenvalue weighted by molar-refractivity contribution is 7.09. The van der Waals surface area contributed by atoms with Gasteiger partial charge < -0.3 is 15.4 Å². The summed E-state index contributed by atoms with van der Waals surface area (Å²) in [5, 5.41) is 7.30.